The molecule has 0 spiro atoms. The molecule has 0 bridgehead atoms. The van der Waals surface area contributed by atoms with E-state index in [1.54, 1.807) is 23.9 Å². The minimum Gasteiger partial charge on any atom is -0.352 e. The molecule has 1 N–H and O–H groups in total. The van der Waals surface area contributed by atoms with Gasteiger partial charge in [0.2, 0.25) is 5.91 Å². The lowest BCUT2D eigenvalue weighted by Crippen LogP contribution is -2.45. The number of pyridine rings is 1. The van der Waals surface area contributed by atoms with Crippen LogP contribution in [0.2, 0.25) is 0 Å². The highest BCUT2D eigenvalue weighted by Crippen LogP contribution is 2.56. The van der Waals surface area contributed by atoms with E-state index < -0.39 is 10.8 Å². The molecule has 2 aromatic heterocycles. The van der Waals surface area contributed by atoms with Gasteiger partial charge in [0.05, 0.1) is 5.41 Å². The molecule has 0 radical (unpaired) electrons. The quantitative estimate of drug-likeness (QED) is 0.585. The van der Waals surface area contributed by atoms with Crippen LogP contribution in [0, 0.1) is 16.7 Å². The summed E-state index contributed by atoms with van der Waals surface area (Å²) in [6.45, 7) is 15.2. The second-order valence-electron chi connectivity index (χ2n) is 11.3. The number of nitrogens with one attached hydrogen (secondary N) is 1. The van der Waals surface area contributed by atoms with Crippen molar-refractivity contribution in [2.45, 2.75) is 92.7 Å². The molecule has 2 heterocycles. The Morgan fingerprint density at radius 2 is 2.03 bits per heavy atom. The first-order valence-corrected chi connectivity index (χ1v) is 13.2. The van der Waals surface area contributed by atoms with Crippen LogP contribution in [0.4, 0.5) is 0 Å². The summed E-state index contributed by atoms with van der Waals surface area (Å²) in [7, 11) is 0. The summed E-state index contributed by atoms with van der Waals surface area (Å²) in [5.74, 6) is -0.354. The van der Waals surface area contributed by atoms with Crippen LogP contribution in [0.1, 0.15) is 85.3 Å². The first-order chi connectivity index (χ1) is 15.9. The van der Waals surface area contributed by atoms with Gasteiger partial charge in [-0.25, -0.2) is 4.99 Å². The minimum absolute atomic E-state index is 0.00397. The lowest BCUT2D eigenvalue weighted by Gasteiger charge is -2.38. The molecule has 2 amide bonds. The van der Waals surface area contributed by atoms with E-state index >= 15 is 0 Å². The van der Waals surface area contributed by atoms with Crippen LogP contribution < -0.4 is 9.99 Å². The van der Waals surface area contributed by atoms with Crippen LogP contribution in [0.15, 0.2) is 35.7 Å². The fourth-order valence-corrected chi connectivity index (χ4v) is 5.74. The summed E-state index contributed by atoms with van der Waals surface area (Å²) in [6.07, 6.45) is 10.1. The van der Waals surface area contributed by atoms with Crippen LogP contribution in [0.25, 0.3) is 0 Å². The Balaban J connectivity index is 1.84. The average Bonchev–Trinajstić information content (AvgIpc) is 3.29. The zero-order valence-corrected chi connectivity index (χ0v) is 22.6. The van der Waals surface area contributed by atoms with Crippen molar-refractivity contribution in [3.8, 4) is 0 Å². The van der Waals surface area contributed by atoms with E-state index in [4.69, 9.17) is 4.99 Å². The molecule has 6 nitrogen and oxygen atoms in total. The van der Waals surface area contributed by atoms with Crippen molar-refractivity contribution >= 4 is 23.3 Å². The van der Waals surface area contributed by atoms with E-state index in [9.17, 15) is 9.59 Å². The van der Waals surface area contributed by atoms with Crippen molar-refractivity contribution in [1.29, 1.82) is 0 Å². The molecule has 0 aliphatic heterocycles. The van der Waals surface area contributed by atoms with Crippen LogP contribution in [-0.2, 0) is 28.1 Å². The Labute approximate surface area is 208 Å². The van der Waals surface area contributed by atoms with Gasteiger partial charge in [-0.1, -0.05) is 40.2 Å². The summed E-state index contributed by atoms with van der Waals surface area (Å²) in [5, 5.41) is 3.05. The van der Waals surface area contributed by atoms with Gasteiger partial charge in [-0.05, 0) is 75.0 Å². The molecular weight excluding hydrogens is 444 g/mol. The Morgan fingerprint density at radius 1 is 1.29 bits per heavy atom. The lowest BCUT2D eigenvalue weighted by atomic mass is 9.65. The predicted molar refractivity (Wildman–Crippen MR) is 137 cm³/mol. The van der Waals surface area contributed by atoms with Gasteiger partial charge in [0.1, 0.15) is 4.67 Å². The number of aryl methyl sites for hydroxylation is 1. The number of nitrogens with zero attached hydrogens (tertiary/aromatic N) is 3. The number of unbranched alkanes of at least 4 members (excludes halogenated alkanes) is 1. The monoisotopic (exact) mass is 484 g/mol. The largest absolute Gasteiger partial charge is 0.352 e. The van der Waals surface area contributed by atoms with Gasteiger partial charge in [-0.3, -0.25) is 18.5 Å². The number of hydrogen-bond donors (Lipinski definition) is 1. The molecule has 0 saturated heterocycles. The Kier molecular flexibility index (Phi) is 7.85. The molecule has 0 unspecified atom stereocenters. The van der Waals surface area contributed by atoms with Crippen molar-refractivity contribution in [2.24, 2.45) is 21.7 Å². The summed E-state index contributed by atoms with van der Waals surface area (Å²) in [6, 6.07) is 3.81. The van der Waals surface area contributed by atoms with Crippen LogP contribution in [0.3, 0.4) is 0 Å². The lowest BCUT2D eigenvalue weighted by molar-refractivity contribution is -0.136. The van der Waals surface area contributed by atoms with Crippen LogP contribution in [0.5, 0.6) is 0 Å². The zero-order chi connectivity index (χ0) is 25.1. The zero-order valence-electron chi connectivity index (χ0n) is 21.8. The van der Waals surface area contributed by atoms with Crippen molar-refractivity contribution in [3.63, 3.8) is 0 Å². The second-order valence-corrected chi connectivity index (χ2v) is 12.3. The smallest absolute Gasteiger partial charge is 0.253 e. The third-order valence-corrected chi connectivity index (χ3v) is 8.98. The van der Waals surface area contributed by atoms with E-state index in [0.717, 1.165) is 35.1 Å². The van der Waals surface area contributed by atoms with Gasteiger partial charge in [0, 0.05) is 42.2 Å². The molecule has 2 aromatic rings. The van der Waals surface area contributed by atoms with Crippen molar-refractivity contribution in [3.05, 3.63) is 46.5 Å². The van der Waals surface area contributed by atoms with E-state index in [1.165, 1.54) is 0 Å². The maximum absolute atomic E-state index is 13.7. The fourth-order valence-electron chi connectivity index (χ4n) is 4.71. The molecule has 1 aliphatic rings. The normalized spacial score (nSPS) is 22.7. The topological polar surface area (TPSA) is 76.3 Å². The SMILES string of the molecule is CCCCc1cn(C(C)(C)C)sc1=NC(=O)[C@]1(C)CC[C@H](C(=O)NCc2cccnc2)C1(C)C. The number of hydrogen-bond acceptors (Lipinski definition) is 4. The van der Waals surface area contributed by atoms with Gasteiger partial charge in [-0.2, -0.15) is 0 Å². The number of aromatic nitrogens is 2. The molecule has 1 fully saturated rings. The predicted octanol–water partition coefficient (Wildman–Crippen LogP) is 5.23. The molecule has 2 atom stereocenters. The van der Waals surface area contributed by atoms with Crippen LogP contribution >= 0.6 is 11.5 Å². The van der Waals surface area contributed by atoms with Gasteiger partial charge in [-0.15, -0.1) is 0 Å². The Bertz CT molecular complexity index is 1080. The third kappa shape index (κ3) is 5.35. The van der Waals surface area contributed by atoms with E-state index in [1.807, 2.05) is 32.9 Å². The molecule has 186 valence electrons. The summed E-state index contributed by atoms with van der Waals surface area (Å²) < 4.78 is 3.01. The maximum Gasteiger partial charge on any atom is 0.253 e. The first kappa shape index (κ1) is 26.3. The molecule has 34 heavy (non-hydrogen) atoms. The molecule has 3 rings (SSSR count). The fraction of sp³-hybridized carbons (Fsp3) is 0.630. The third-order valence-electron chi connectivity index (χ3n) is 7.60. The van der Waals surface area contributed by atoms with E-state index in [-0.39, 0.29) is 23.3 Å². The molecule has 7 heteroatoms. The molecule has 1 saturated carbocycles. The molecule has 0 aromatic carbocycles. The van der Waals surface area contributed by atoms with Gasteiger partial charge < -0.3 is 5.32 Å². The minimum atomic E-state index is -0.693. The average molecular weight is 485 g/mol. The summed E-state index contributed by atoms with van der Waals surface area (Å²) in [4.78, 5) is 35.6. The Morgan fingerprint density at radius 3 is 2.65 bits per heavy atom. The number of carbonyl (C=O) groups excluding carboxylic acids is 2. The highest BCUT2D eigenvalue weighted by molar-refractivity contribution is 7.04. The van der Waals surface area contributed by atoms with Crippen molar-refractivity contribution in [2.75, 3.05) is 0 Å². The first-order valence-electron chi connectivity index (χ1n) is 12.4. The van der Waals surface area contributed by atoms with Crippen molar-refractivity contribution < 1.29 is 9.59 Å². The summed E-state index contributed by atoms with van der Waals surface area (Å²) in [5.41, 5.74) is 0.844. The summed E-state index contributed by atoms with van der Waals surface area (Å²) >= 11 is 1.56. The number of amides is 2. The van der Waals surface area contributed by atoms with Crippen molar-refractivity contribution in [1.82, 2.24) is 14.3 Å². The molecule has 1 aliphatic carbocycles. The standard InChI is InChI=1S/C27H40N4O2S/c1-8-9-12-20-18-31(25(2,3)4)34-23(20)30-24(33)27(7)14-13-21(26(27,5)6)22(32)29-17-19-11-10-15-28-16-19/h10-11,15-16,18,21H,8-9,12-14,17H2,1-7H3,(H,29,32)/t21-,27+/m1/s1. The second kappa shape index (κ2) is 10.1. The van der Waals surface area contributed by atoms with Gasteiger partial charge in [0.25, 0.3) is 5.91 Å². The van der Waals surface area contributed by atoms with E-state index in [2.05, 4.69) is 48.1 Å². The van der Waals surface area contributed by atoms with Crippen LogP contribution in [-0.4, -0.2) is 20.8 Å². The van der Waals surface area contributed by atoms with E-state index in [0.29, 0.717) is 19.4 Å². The highest BCUT2D eigenvalue weighted by atomic mass is 32.1. The van der Waals surface area contributed by atoms with Gasteiger partial charge in [0.15, 0.2) is 0 Å². The molecular formula is C27H40N4O2S. The van der Waals surface area contributed by atoms with Gasteiger partial charge >= 0.3 is 0 Å². The highest BCUT2D eigenvalue weighted by Gasteiger charge is 2.58. The Hall–Kier alpha value is -2.28. The maximum atomic E-state index is 13.7. The number of rotatable bonds is 7. The number of carbonyl (C=O) groups is 2.